The number of hydrogen-bond donors (Lipinski definition) is 1. The van der Waals surface area contributed by atoms with Crippen LogP contribution in [-0.2, 0) is 6.42 Å². The van der Waals surface area contributed by atoms with Gasteiger partial charge in [-0.2, -0.15) is 0 Å². The average molecular weight is 286 g/mol. The Labute approximate surface area is 125 Å². The van der Waals surface area contributed by atoms with E-state index in [1.807, 2.05) is 0 Å². The van der Waals surface area contributed by atoms with Gasteiger partial charge < -0.3 is 5.32 Å². The number of aryl methyl sites for hydroxylation is 1. The van der Waals surface area contributed by atoms with Crippen LogP contribution in [0, 0.1) is 12.3 Å². The molecule has 2 nitrogen and oxygen atoms in total. The van der Waals surface area contributed by atoms with Gasteiger partial charge in [0.2, 0.25) is 0 Å². The van der Waals surface area contributed by atoms with Gasteiger partial charge in [0, 0.05) is 17.1 Å². The highest BCUT2D eigenvalue weighted by molar-refractivity contribution is 7.09. The molecule has 2 atom stereocenters. The van der Waals surface area contributed by atoms with E-state index in [1.165, 1.54) is 16.1 Å². The molecule has 2 aromatic rings. The minimum Gasteiger partial charge on any atom is -0.301 e. The summed E-state index contributed by atoms with van der Waals surface area (Å²) in [5.74, 6) is 0. The molecular weight excluding hydrogens is 264 g/mol. The van der Waals surface area contributed by atoms with Gasteiger partial charge in [0.15, 0.2) is 0 Å². The van der Waals surface area contributed by atoms with E-state index in [0.29, 0.717) is 12.1 Å². The Morgan fingerprint density at radius 3 is 2.80 bits per heavy atom. The second-order valence-electron chi connectivity index (χ2n) is 6.51. The van der Waals surface area contributed by atoms with Crippen LogP contribution >= 0.6 is 11.3 Å². The lowest BCUT2D eigenvalue weighted by Crippen LogP contribution is -2.33. The van der Waals surface area contributed by atoms with Crippen molar-refractivity contribution < 1.29 is 0 Å². The van der Waals surface area contributed by atoms with E-state index in [-0.39, 0.29) is 5.41 Å². The third-order valence-electron chi connectivity index (χ3n) is 4.22. The van der Waals surface area contributed by atoms with Gasteiger partial charge >= 0.3 is 0 Å². The fourth-order valence-electron chi connectivity index (χ4n) is 3.20. The van der Waals surface area contributed by atoms with Gasteiger partial charge in [-0.3, -0.25) is 0 Å². The fourth-order valence-corrected chi connectivity index (χ4v) is 4.01. The summed E-state index contributed by atoms with van der Waals surface area (Å²) in [4.78, 5) is 4.61. The molecule has 0 saturated carbocycles. The number of aromatic nitrogens is 1. The monoisotopic (exact) mass is 286 g/mol. The number of nitrogens with zero attached hydrogens (tertiary/aromatic N) is 1. The van der Waals surface area contributed by atoms with Crippen molar-refractivity contribution in [3.8, 4) is 0 Å². The number of fused-ring (bicyclic) bond motifs is 1. The van der Waals surface area contributed by atoms with Crippen LogP contribution in [0.25, 0.3) is 0 Å². The Morgan fingerprint density at radius 2 is 2.10 bits per heavy atom. The van der Waals surface area contributed by atoms with Crippen LogP contribution in [0.5, 0.6) is 0 Å². The average Bonchev–Trinajstić information content (AvgIpc) is 2.92. The number of rotatable bonds is 3. The van der Waals surface area contributed by atoms with Crippen LogP contribution < -0.4 is 5.32 Å². The maximum Gasteiger partial charge on any atom is 0.110 e. The van der Waals surface area contributed by atoms with E-state index in [1.54, 1.807) is 11.3 Å². The van der Waals surface area contributed by atoms with E-state index in [2.05, 4.69) is 67.6 Å². The molecule has 0 amide bonds. The fraction of sp³-hybridized carbons (Fsp3) is 0.471. The highest BCUT2D eigenvalue weighted by Gasteiger charge is 2.39. The van der Waals surface area contributed by atoms with Crippen molar-refractivity contribution in [2.24, 2.45) is 5.41 Å². The first-order valence-electron chi connectivity index (χ1n) is 7.23. The second kappa shape index (κ2) is 4.97. The lowest BCUT2D eigenvalue weighted by Gasteiger charge is -2.31. The van der Waals surface area contributed by atoms with Crippen LogP contribution in [0.2, 0.25) is 0 Å². The molecule has 0 fully saturated rings. The van der Waals surface area contributed by atoms with Crippen molar-refractivity contribution in [2.75, 3.05) is 0 Å². The Hall–Kier alpha value is -1.19. The zero-order chi connectivity index (χ0) is 14.3. The number of thiazole rings is 1. The van der Waals surface area contributed by atoms with Crippen LogP contribution in [0.1, 0.15) is 54.7 Å². The molecule has 0 spiro atoms. The quantitative estimate of drug-likeness (QED) is 0.903. The third-order valence-corrected chi connectivity index (χ3v) is 5.36. The molecule has 1 aromatic carbocycles. The molecule has 20 heavy (non-hydrogen) atoms. The largest absolute Gasteiger partial charge is 0.301 e. The molecule has 0 radical (unpaired) electrons. The smallest absolute Gasteiger partial charge is 0.110 e. The summed E-state index contributed by atoms with van der Waals surface area (Å²) in [6, 6.07) is 9.51. The maximum atomic E-state index is 4.61. The van der Waals surface area contributed by atoms with Crippen LogP contribution in [-0.4, -0.2) is 4.98 Å². The van der Waals surface area contributed by atoms with Crippen molar-refractivity contribution >= 4 is 11.3 Å². The first-order valence-corrected chi connectivity index (χ1v) is 8.11. The molecule has 1 aliphatic rings. The first-order chi connectivity index (χ1) is 9.47. The summed E-state index contributed by atoms with van der Waals surface area (Å²) < 4.78 is 0. The summed E-state index contributed by atoms with van der Waals surface area (Å²) in [5.41, 5.74) is 4.31. The van der Waals surface area contributed by atoms with Gasteiger partial charge in [0.25, 0.3) is 0 Å². The van der Waals surface area contributed by atoms with Crippen molar-refractivity contribution in [3.63, 3.8) is 0 Å². The predicted molar refractivity (Wildman–Crippen MR) is 85.1 cm³/mol. The highest BCUT2D eigenvalue weighted by Crippen LogP contribution is 2.46. The molecule has 1 aliphatic carbocycles. The summed E-state index contributed by atoms with van der Waals surface area (Å²) >= 11 is 1.75. The van der Waals surface area contributed by atoms with Crippen molar-refractivity contribution in [1.82, 2.24) is 10.3 Å². The molecule has 1 aromatic heterocycles. The van der Waals surface area contributed by atoms with Gasteiger partial charge in [-0.25, -0.2) is 4.98 Å². The number of benzene rings is 1. The van der Waals surface area contributed by atoms with Crippen molar-refractivity contribution in [2.45, 2.75) is 46.2 Å². The molecule has 2 unspecified atom stereocenters. The van der Waals surface area contributed by atoms with E-state index in [4.69, 9.17) is 0 Å². The number of nitrogens with one attached hydrogen (secondary N) is 1. The normalized spacial score (nSPS) is 21.7. The summed E-state index contributed by atoms with van der Waals surface area (Å²) in [5, 5.41) is 7.11. The summed E-state index contributed by atoms with van der Waals surface area (Å²) in [7, 11) is 0. The molecule has 1 heterocycles. The van der Waals surface area contributed by atoms with Gasteiger partial charge in [-0.1, -0.05) is 38.1 Å². The standard InChI is InChI=1S/C17H22N2S/c1-11-10-20-16(18-11)12(2)19-15-14-8-6-5-7-13(14)9-17(15,3)4/h5-8,10,12,15,19H,9H2,1-4H3. The zero-order valence-corrected chi connectivity index (χ0v) is 13.4. The Balaban J connectivity index is 1.86. The molecule has 0 bridgehead atoms. The zero-order valence-electron chi connectivity index (χ0n) is 12.6. The van der Waals surface area contributed by atoms with Crippen molar-refractivity contribution in [3.05, 3.63) is 51.5 Å². The molecule has 0 aliphatic heterocycles. The molecule has 3 rings (SSSR count). The third kappa shape index (κ3) is 2.40. The maximum absolute atomic E-state index is 4.61. The van der Waals surface area contributed by atoms with E-state index in [9.17, 15) is 0 Å². The summed E-state index contributed by atoms with van der Waals surface area (Å²) in [6.45, 7) is 8.98. The molecular formula is C17H22N2S. The molecule has 0 saturated heterocycles. The molecule has 1 N–H and O–H groups in total. The topological polar surface area (TPSA) is 24.9 Å². The molecule has 3 heteroatoms. The lowest BCUT2D eigenvalue weighted by atomic mass is 9.85. The number of hydrogen-bond acceptors (Lipinski definition) is 3. The Bertz CT molecular complexity index is 615. The van der Waals surface area contributed by atoms with E-state index in [0.717, 1.165) is 12.1 Å². The Morgan fingerprint density at radius 1 is 1.35 bits per heavy atom. The summed E-state index contributed by atoms with van der Waals surface area (Å²) in [6.07, 6.45) is 1.14. The predicted octanol–water partition coefficient (Wildman–Crippen LogP) is 4.43. The van der Waals surface area contributed by atoms with Gasteiger partial charge in [-0.05, 0) is 36.8 Å². The van der Waals surface area contributed by atoms with Crippen LogP contribution in [0.3, 0.4) is 0 Å². The first kappa shape index (κ1) is 13.8. The van der Waals surface area contributed by atoms with Crippen LogP contribution in [0.4, 0.5) is 0 Å². The van der Waals surface area contributed by atoms with Crippen LogP contribution in [0.15, 0.2) is 29.6 Å². The lowest BCUT2D eigenvalue weighted by molar-refractivity contribution is 0.252. The molecule has 106 valence electrons. The van der Waals surface area contributed by atoms with Gasteiger partial charge in [-0.15, -0.1) is 11.3 Å². The minimum atomic E-state index is 0.254. The Kier molecular flexibility index (Phi) is 3.43. The minimum absolute atomic E-state index is 0.254. The second-order valence-corrected chi connectivity index (χ2v) is 7.40. The van der Waals surface area contributed by atoms with E-state index < -0.39 is 0 Å². The van der Waals surface area contributed by atoms with Gasteiger partial charge in [0.05, 0.1) is 6.04 Å². The highest BCUT2D eigenvalue weighted by atomic mass is 32.1. The van der Waals surface area contributed by atoms with E-state index >= 15 is 0 Å². The van der Waals surface area contributed by atoms with Gasteiger partial charge in [0.1, 0.15) is 5.01 Å². The van der Waals surface area contributed by atoms with Crippen molar-refractivity contribution in [1.29, 1.82) is 0 Å². The SMILES string of the molecule is Cc1csc(C(C)NC2c3ccccc3CC2(C)C)n1.